The van der Waals surface area contributed by atoms with Gasteiger partial charge in [0.2, 0.25) is 0 Å². The molecule has 4 heteroatoms. The summed E-state index contributed by atoms with van der Waals surface area (Å²) < 4.78 is 4.13. The summed E-state index contributed by atoms with van der Waals surface area (Å²) in [6.45, 7) is 18.7. The van der Waals surface area contributed by atoms with Crippen LogP contribution in [0, 0.1) is 0 Å². The fourth-order valence-corrected chi connectivity index (χ4v) is 0.835. The van der Waals surface area contributed by atoms with Crippen molar-refractivity contribution < 1.29 is 20.9 Å². The second-order valence-corrected chi connectivity index (χ2v) is 8.85. The topological polar surface area (TPSA) is 40.6 Å². The molecule has 0 radical (unpaired) electrons. The minimum Gasteiger partial charge on any atom is -0.214 e. The third-order valence-electron chi connectivity index (χ3n) is 1.85. The van der Waals surface area contributed by atoms with E-state index in [-0.39, 0.29) is 16.6 Å². The summed E-state index contributed by atoms with van der Waals surface area (Å²) in [7, 11) is 0. The molecule has 0 aliphatic heterocycles. The predicted octanol–water partition coefficient (Wildman–Crippen LogP) is 6.72. The van der Waals surface area contributed by atoms with Crippen molar-refractivity contribution in [2.75, 3.05) is 0 Å². The molecule has 0 atom stereocenters. The maximum absolute atomic E-state index is 4.29. The summed E-state index contributed by atoms with van der Waals surface area (Å²) >= 11 is 1.15. The molecule has 0 N–H and O–H groups in total. The SMILES string of the molecule is CC(C)(C)[N-]/C=C\[N-]C(C)(C)C.CC(C)(C)[N]=[Ta].c1cc[cH-]c1. The quantitative estimate of drug-likeness (QED) is 0.417. The van der Waals surface area contributed by atoms with Crippen molar-refractivity contribution in [3.8, 4) is 0 Å². The fourth-order valence-electron chi connectivity index (χ4n) is 0.835. The van der Waals surface area contributed by atoms with Crippen LogP contribution in [0.2, 0.25) is 0 Å². The smallest absolute Gasteiger partial charge is 0.172 e. The minimum atomic E-state index is 0.00387. The molecule has 0 spiro atoms. The Kier molecular flexibility index (Phi) is 12.5. The van der Waals surface area contributed by atoms with Crippen LogP contribution >= 0.6 is 0 Å². The van der Waals surface area contributed by atoms with Gasteiger partial charge in [0.15, 0.2) is 0 Å². The van der Waals surface area contributed by atoms with Crippen molar-refractivity contribution in [1.29, 1.82) is 0 Å². The van der Waals surface area contributed by atoms with Gasteiger partial charge < -0.3 is 10.6 Å². The van der Waals surface area contributed by atoms with Crippen LogP contribution in [-0.2, 0) is 20.9 Å². The molecule has 23 heavy (non-hydrogen) atoms. The van der Waals surface area contributed by atoms with Crippen molar-refractivity contribution in [3.63, 3.8) is 0 Å². The molecule has 0 aromatic heterocycles. The van der Waals surface area contributed by atoms with Gasteiger partial charge in [-0.25, -0.2) is 24.5 Å². The number of nitrogens with zero attached hydrogens (tertiary/aromatic N) is 3. The van der Waals surface area contributed by atoms with Crippen LogP contribution < -0.4 is 0 Å². The van der Waals surface area contributed by atoms with Gasteiger partial charge >= 0.3 is 50.5 Å². The Labute approximate surface area is 156 Å². The van der Waals surface area contributed by atoms with Gasteiger partial charge in [-0.3, -0.25) is 0 Å². The second kappa shape index (κ2) is 11.7. The molecule has 1 rings (SSSR count). The Morgan fingerprint density at radius 3 is 1.22 bits per heavy atom. The van der Waals surface area contributed by atoms with Gasteiger partial charge in [-0.15, -0.1) is 11.1 Å². The summed E-state index contributed by atoms with van der Waals surface area (Å²) in [5, 5.41) is 8.57. The molecule has 133 valence electrons. The van der Waals surface area contributed by atoms with E-state index in [0.717, 1.165) is 20.9 Å². The number of hydrogen-bond donors (Lipinski definition) is 0. The van der Waals surface area contributed by atoms with Crippen molar-refractivity contribution in [3.05, 3.63) is 53.4 Å². The Morgan fingerprint density at radius 2 is 1.09 bits per heavy atom. The summed E-state index contributed by atoms with van der Waals surface area (Å²) in [6.07, 6.45) is 3.54. The first-order valence-corrected chi connectivity index (χ1v) is 9.32. The van der Waals surface area contributed by atoms with Gasteiger partial charge in [0.25, 0.3) is 0 Å². The van der Waals surface area contributed by atoms with Crippen molar-refractivity contribution >= 4 is 0 Å². The van der Waals surface area contributed by atoms with Crippen LogP contribution in [0.15, 0.2) is 46.1 Å². The third kappa shape index (κ3) is 29.8. The normalized spacial score (nSPS) is 11.7. The largest absolute Gasteiger partial charge is 0.214 e. The van der Waals surface area contributed by atoms with Crippen LogP contribution in [0.25, 0.3) is 10.6 Å². The molecular weight excluding hydrogens is 451 g/mol. The molecule has 0 aliphatic carbocycles. The van der Waals surface area contributed by atoms with E-state index in [0.29, 0.717) is 0 Å². The van der Waals surface area contributed by atoms with Crippen molar-refractivity contribution in [1.82, 2.24) is 0 Å². The van der Waals surface area contributed by atoms with Crippen molar-refractivity contribution in [2.24, 2.45) is 3.34 Å². The fraction of sp³-hybridized carbons (Fsp3) is 0.632. The van der Waals surface area contributed by atoms with Crippen LogP contribution in [0.1, 0.15) is 62.3 Å². The molecule has 1 aromatic rings. The first-order valence-electron chi connectivity index (χ1n) is 7.89. The first-order chi connectivity index (χ1) is 10.3. The van der Waals surface area contributed by atoms with Gasteiger partial charge in [0, 0.05) is 0 Å². The van der Waals surface area contributed by atoms with E-state index < -0.39 is 0 Å². The molecule has 0 bridgehead atoms. The number of rotatable bonds is 2. The summed E-state index contributed by atoms with van der Waals surface area (Å²) in [5.74, 6) is 0. The molecule has 0 aliphatic rings. The molecule has 0 heterocycles. The molecule has 0 saturated heterocycles. The van der Waals surface area contributed by atoms with E-state index in [9.17, 15) is 0 Å². The van der Waals surface area contributed by atoms with E-state index in [1.165, 1.54) is 0 Å². The standard InChI is InChI=1S/C10H20N2.C5H5.C4H9N.Ta/c1-9(2,3)11-7-8-12-10(4,5)6;1-2-4-5-3-1;1-4(2,3)5;/h7-8H,1-6H3;1-5H;1-3H3;/q-2;-1;;/b8-7-;;;. The maximum atomic E-state index is 4.29. The molecule has 0 saturated carbocycles. The predicted molar refractivity (Wildman–Crippen MR) is 99.6 cm³/mol. The zero-order chi connectivity index (χ0) is 18.6. The average Bonchev–Trinajstić information content (AvgIpc) is 2.91. The van der Waals surface area contributed by atoms with Crippen molar-refractivity contribution in [2.45, 2.75) is 78.9 Å². The zero-order valence-corrected chi connectivity index (χ0v) is 19.5. The van der Waals surface area contributed by atoms with E-state index in [1.807, 2.05) is 30.3 Å². The summed E-state index contributed by atoms with van der Waals surface area (Å²) in [4.78, 5) is 0. The van der Waals surface area contributed by atoms with Gasteiger partial charge in [0.05, 0.1) is 0 Å². The Morgan fingerprint density at radius 1 is 0.783 bits per heavy atom. The number of hydrogen-bond acceptors (Lipinski definition) is 1. The maximum Gasteiger partial charge on any atom is -0.172 e. The van der Waals surface area contributed by atoms with Gasteiger partial charge in [-0.1, -0.05) is 41.5 Å². The summed E-state index contributed by atoms with van der Waals surface area (Å²) in [6, 6.07) is 10.0. The van der Waals surface area contributed by atoms with Crippen LogP contribution in [0.3, 0.4) is 0 Å². The average molecular weight is 485 g/mol. The minimum absolute atomic E-state index is 0.00387. The molecular formula is C19H34N3Ta-3. The summed E-state index contributed by atoms with van der Waals surface area (Å²) in [5.41, 5.74) is 0.224. The Balaban J connectivity index is 0. The van der Waals surface area contributed by atoms with E-state index in [1.54, 1.807) is 12.4 Å². The first kappa shape index (κ1) is 24.5. The van der Waals surface area contributed by atoms with E-state index >= 15 is 0 Å². The second-order valence-electron chi connectivity index (χ2n) is 8.13. The molecule has 3 nitrogen and oxygen atoms in total. The molecule has 1 aromatic carbocycles. The van der Waals surface area contributed by atoms with Crippen LogP contribution in [-0.4, -0.2) is 16.6 Å². The van der Waals surface area contributed by atoms with E-state index in [2.05, 4.69) is 76.3 Å². The Hall–Kier alpha value is -0.770. The van der Waals surface area contributed by atoms with Gasteiger partial charge in [-0.2, -0.15) is 18.2 Å². The van der Waals surface area contributed by atoms with Crippen LogP contribution in [0.4, 0.5) is 0 Å². The van der Waals surface area contributed by atoms with E-state index in [4.69, 9.17) is 0 Å². The Bertz CT molecular complexity index is 366. The van der Waals surface area contributed by atoms with Gasteiger partial charge in [0.1, 0.15) is 0 Å². The third-order valence-corrected chi connectivity index (χ3v) is 4.00. The molecule has 0 fully saturated rings. The van der Waals surface area contributed by atoms with Crippen LogP contribution in [0.5, 0.6) is 0 Å². The molecule has 0 unspecified atom stereocenters. The zero-order valence-electron chi connectivity index (χ0n) is 16.3. The molecule has 0 amide bonds. The van der Waals surface area contributed by atoms with Gasteiger partial charge in [-0.05, 0) is 0 Å². The monoisotopic (exact) mass is 485 g/mol.